The van der Waals surface area contributed by atoms with Crippen molar-refractivity contribution in [2.45, 2.75) is 50.7 Å². The Morgan fingerprint density at radius 3 is 2.52 bits per heavy atom. The molecule has 1 aliphatic rings. The van der Waals surface area contributed by atoms with E-state index in [1.807, 2.05) is 12.2 Å². The lowest BCUT2D eigenvalue weighted by atomic mass is 10.1. The number of halogens is 3. The molecule has 1 aliphatic carbocycles. The van der Waals surface area contributed by atoms with E-state index in [0.29, 0.717) is 31.2 Å². The van der Waals surface area contributed by atoms with Gasteiger partial charge in [-0.05, 0) is 61.8 Å². The highest BCUT2D eigenvalue weighted by molar-refractivity contribution is 7.92. The summed E-state index contributed by atoms with van der Waals surface area (Å²) >= 11 is 0. The van der Waals surface area contributed by atoms with Gasteiger partial charge in [-0.1, -0.05) is 24.3 Å². The van der Waals surface area contributed by atoms with Crippen LogP contribution in [0.25, 0.3) is 6.08 Å². The van der Waals surface area contributed by atoms with Crippen LogP contribution in [0.5, 0.6) is 0 Å². The molecule has 2 rings (SSSR count). The standard InChI is InChI=1S/C20H24F3NO4S/c21-20(22,23)17-9-6-15(7-10-17)12-13-29(27,28)24-18-11-8-16(14-18)4-2-1-3-5-19(25)26/h2,4,6-7,9-10,12-13,16,18,24H,1,3,5,8,11,14H2,(H,25,26)/b4-2+,13-12+. The summed E-state index contributed by atoms with van der Waals surface area (Å²) in [6, 6.07) is 4.05. The van der Waals surface area contributed by atoms with Crippen molar-refractivity contribution in [1.82, 2.24) is 4.72 Å². The maximum absolute atomic E-state index is 12.5. The van der Waals surface area contributed by atoms with Gasteiger partial charge in [0.05, 0.1) is 5.56 Å². The van der Waals surface area contributed by atoms with Crippen LogP contribution in [0.1, 0.15) is 49.7 Å². The predicted molar refractivity (Wildman–Crippen MR) is 104 cm³/mol. The minimum Gasteiger partial charge on any atom is -0.481 e. The van der Waals surface area contributed by atoms with Gasteiger partial charge in [-0.2, -0.15) is 13.2 Å². The van der Waals surface area contributed by atoms with Crippen molar-refractivity contribution in [2.24, 2.45) is 5.92 Å². The minimum atomic E-state index is -4.43. The molecule has 9 heteroatoms. The van der Waals surface area contributed by atoms with E-state index in [1.165, 1.54) is 18.2 Å². The van der Waals surface area contributed by atoms with Crippen LogP contribution in [-0.4, -0.2) is 25.5 Å². The average molecular weight is 431 g/mol. The van der Waals surface area contributed by atoms with Gasteiger partial charge in [0.15, 0.2) is 0 Å². The predicted octanol–water partition coefficient (Wildman–Crippen LogP) is 4.58. The summed E-state index contributed by atoms with van der Waals surface area (Å²) < 4.78 is 64.7. The Labute approximate surface area is 168 Å². The third-order valence-corrected chi connectivity index (χ3v) is 5.81. The molecule has 160 valence electrons. The number of nitrogens with one attached hydrogen (secondary N) is 1. The first-order valence-electron chi connectivity index (χ1n) is 9.31. The first kappa shape index (κ1) is 23.2. The number of allylic oxidation sites excluding steroid dienone is 2. The lowest BCUT2D eigenvalue weighted by Crippen LogP contribution is -2.31. The van der Waals surface area contributed by atoms with Crippen LogP contribution >= 0.6 is 0 Å². The molecule has 1 aromatic carbocycles. The molecule has 0 saturated heterocycles. The molecule has 0 radical (unpaired) electrons. The van der Waals surface area contributed by atoms with E-state index in [9.17, 15) is 26.4 Å². The summed E-state index contributed by atoms with van der Waals surface area (Å²) in [5.74, 6) is -0.579. The fourth-order valence-corrected chi connectivity index (χ4v) is 4.27. The number of hydrogen-bond donors (Lipinski definition) is 2. The van der Waals surface area contributed by atoms with Gasteiger partial charge in [0.25, 0.3) is 0 Å². The average Bonchev–Trinajstić information content (AvgIpc) is 3.05. The molecule has 0 aliphatic heterocycles. The van der Waals surface area contributed by atoms with Crippen LogP contribution in [-0.2, 0) is 21.0 Å². The van der Waals surface area contributed by atoms with Crippen LogP contribution < -0.4 is 4.72 Å². The molecule has 0 aromatic heterocycles. The largest absolute Gasteiger partial charge is 0.481 e. The van der Waals surface area contributed by atoms with E-state index < -0.39 is 27.7 Å². The van der Waals surface area contributed by atoms with E-state index in [4.69, 9.17) is 5.11 Å². The highest BCUT2D eigenvalue weighted by Crippen LogP contribution is 2.29. The molecule has 0 spiro atoms. The summed E-state index contributed by atoms with van der Waals surface area (Å²) in [4.78, 5) is 10.5. The first-order chi connectivity index (χ1) is 13.5. The maximum Gasteiger partial charge on any atom is 0.416 e. The monoisotopic (exact) mass is 431 g/mol. The van der Waals surface area contributed by atoms with Crippen molar-refractivity contribution in [3.8, 4) is 0 Å². The number of carboxylic acid groups (broad SMARTS) is 1. The van der Waals surface area contributed by atoms with Gasteiger partial charge in [-0.25, -0.2) is 13.1 Å². The second-order valence-electron chi connectivity index (χ2n) is 7.07. The number of alkyl halides is 3. The zero-order valence-electron chi connectivity index (χ0n) is 15.7. The quantitative estimate of drug-likeness (QED) is 0.443. The van der Waals surface area contributed by atoms with Gasteiger partial charge in [-0.15, -0.1) is 0 Å². The number of unbranched alkanes of at least 4 members (excludes halogenated alkanes) is 1. The number of carboxylic acids is 1. The number of carbonyl (C=O) groups is 1. The van der Waals surface area contributed by atoms with E-state index in [1.54, 1.807) is 0 Å². The van der Waals surface area contributed by atoms with E-state index in [-0.39, 0.29) is 18.4 Å². The third kappa shape index (κ3) is 8.41. The van der Waals surface area contributed by atoms with Crippen molar-refractivity contribution in [1.29, 1.82) is 0 Å². The smallest absolute Gasteiger partial charge is 0.416 e. The SMILES string of the molecule is O=C(O)CCC/C=C/C1CCC(NS(=O)(=O)/C=C/c2ccc(C(F)(F)F)cc2)C1. The molecule has 29 heavy (non-hydrogen) atoms. The number of hydrogen-bond acceptors (Lipinski definition) is 3. The Balaban J connectivity index is 1.83. The molecule has 2 N–H and O–H groups in total. The molecule has 5 nitrogen and oxygen atoms in total. The minimum absolute atomic E-state index is 0.128. The number of aliphatic carboxylic acids is 1. The van der Waals surface area contributed by atoms with Crippen molar-refractivity contribution in [2.75, 3.05) is 0 Å². The summed E-state index contributed by atoms with van der Waals surface area (Å²) in [5.41, 5.74) is -0.430. The lowest BCUT2D eigenvalue weighted by molar-refractivity contribution is -0.138. The Bertz CT molecular complexity index is 845. The van der Waals surface area contributed by atoms with Crippen LogP contribution in [0.15, 0.2) is 41.8 Å². The fourth-order valence-electron chi connectivity index (χ4n) is 3.18. The van der Waals surface area contributed by atoms with Crippen molar-refractivity contribution < 1.29 is 31.5 Å². The fraction of sp³-hybridized carbons (Fsp3) is 0.450. The zero-order chi connectivity index (χ0) is 21.5. The van der Waals surface area contributed by atoms with Gasteiger partial charge in [0.1, 0.15) is 0 Å². The molecule has 1 aromatic rings. The maximum atomic E-state index is 12.5. The molecule has 1 saturated carbocycles. The summed E-state index contributed by atoms with van der Waals surface area (Å²) in [5, 5.41) is 9.55. The molecule has 0 amide bonds. The Hall–Kier alpha value is -2.13. The second-order valence-corrected chi connectivity index (χ2v) is 8.67. The van der Waals surface area contributed by atoms with Gasteiger partial charge in [0.2, 0.25) is 10.0 Å². The molecular formula is C20H24F3NO4S. The van der Waals surface area contributed by atoms with E-state index in [2.05, 4.69) is 4.72 Å². The summed E-state index contributed by atoms with van der Waals surface area (Å²) in [6.07, 6.45) is 4.34. The van der Waals surface area contributed by atoms with Crippen LogP contribution in [0, 0.1) is 5.92 Å². The first-order valence-corrected chi connectivity index (χ1v) is 10.9. The molecule has 2 unspecified atom stereocenters. The Morgan fingerprint density at radius 2 is 1.90 bits per heavy atom. The van der Waals surface area contributed by atoms with Gasteiger partial charge >= 0.3 is 12.1 Å². The summed E-state index contributed by atoms with van der Waals surface area (Å²) in [6.45, 7) is 0. The van der Waals surface area contributed by atoms with Gasteiger partial charge < -0.3 is 5.11 Å². The van der Waals surface area contributed by atoms with Crippen molar-refractivity contribution in [3.63, 3.8) is 0 Å². The Morgan fingerprint density at radius 1 is 1.21 bits per heavy atom. The Kier molecular flexibility index (Phi) is 8.04. The number of sulfonamides is 1. The highest BCUT2D eigenvalue weighted by Gasteiger charge is 2.30. The van der Waals surface area contributed by atoms with Gasteiger partial charge in [-0.3, -0.25) is 4.79 Å². The van der Waals surface area contributed by atoms with E-state index in [0.717, 1.165) is 24.0 Å². The highest BCUT2D eigenvalue weighted by atomic mass is 32.2. The van der Waals surface area contributed by atoms with Crippen molar-refractivity contribution in [3.05, 3.63) is 53.0 Å². The van der Waals surface area contributed by atoms with Crippen molar-refractivity contribution >= 4 is 22.1 Å². The molecule has 0 bridgehead atoms. The summed E-state index contributed by atoms with van der Waals surface area (Å²) in [7, 11) is -3.71. The third-order valence-electron chi connectivity index (χ3n) is 4.65. The topological polar surface area (TPSA) is 83.5 Å². The molecule has 0 heterocycles. The number of benzene rings is 1. The van der Waals surface area contributed by atoms with Crippen LogP contribution in [0.4, 0.5) is 13.2 Å². The molecule has 2 atom stereocenters. The van der Waals surface area contributed by atoms with Gasteiger partial charge in [0, 0.05) is 17.9 Å². The molecule has 1 fully saturated rings. The zero-order valence-corrected chi connectivity index (χ0v) is 16.5. The normalized spacial score (nSPS) is 20.7. The lowest BCUT2D eigenvalue weighted by Gasteiger charge is -2.10. The van der Waals surface area contributed by atoms with Crippen LogP contribution in [0.3, 0.4) is 0 Å². The molecular weight excluding hydrogens is 407 g/mol. The number of rotatable bonds is 9. The van der Waals surface area contributed by atoms with E-state index >= 15 is 0 Å². The second kappa shape index (κ2) is 10.1. The van der Waals surface area contributed by atoms with Crippen LogP contribution in [0.2, 0.25) is 0 Å².